The maximum absolute atomic E-state index is 14.3. The number of hydrazine groups is 1. The van der Waals surface area contributed by atoms with Crippen molar-refractivity contribution in [1.82, 2.24) is 10.3 Å². The lowest BCUT2D eigenvalue weighted by Crippen LogP contribution is -2.51. The molecule has 118 valence electrons. The molecule has 1 aliphatic heterocycles. The number of aryl methyl sites for hydroxylation is 1. The van der Waals surface area contributed by atoms with Crippen LogP contribution in [0, 0.1) is 18.6 Å². The van der Waals surface area contributed by atoms with Gasteiger partial charge in [0.15, 0.2) is 0 Å². The van der Waals surface area contributed by atoms with E-state index in [9.17, 15) is 8.78 Å². The summed E-state index contributed by atoms with van der Waals surface area (Å²) in [7, 11) is 0. The molecule has 0 aliphatic carbocycles. The molecule has 0 radical (unpaired) electrons. The van der Waals surface area contributed by atoms with Crippen molar-refractivity contribution in [2.24, 2.45) is 5.84 Å². The lowest BCUT2D eigenvalue weighted by Gasteiger charge is -2.39. The lowest BCUT2D eigenvalue weighted by molar-refractivity contribution is -0.0571. The van der Waals surface area contributed by atoms with Crippen LogP contribution in [0.4, 0.5) is 8.78 Å². The largest absolute Gasteiger partial charge is 0.374 e. The topological polar surface area (TPSA) is 50.5 Å². The Morgan fingerprint density at radius 2 is 2.10 bits per heavy atom. The van der Waals surface area contributed by atoms with Gasteiger partial charge in [0.2, 0.25) is 0 Å². The molecule has 0 saturated carbocycles. The van der Waals surface area contributed by atoms with E-state index in [4.69, 9.17) is 10.6 Å². The first kappa shape index (κ1) is 16.3. The Morgan fingerprint density at radius 3 is 2.71 bits per heavy atom. The molecule has 6 heteroatoms. The minimum Gasteiger partial charge on any atom is -0.374 e. The highest BCUT2D eigenvalue weighted by molar-refractivity contribution is 5.30. The van der Waals surface area contributed by atoms with Crippen LogP contribution in [0.2, 0.25) is 0 Å². The molecular weight excluding hydrogens is 276 g/mol. The van der Waals surface area contributed by atoms with Crippen LogP contribution in [0.25, 0.3) is 0 Å². The van der Waals surface area contributed by atoms with Gasteiger partial charge >= 0.3 is 0 Å². The summed E-state index contributed by atoms with van der Waals surface area (Å²) in [5.74, 6) is 4.39. The van der Waals surface area contributed by atoms with Gasteiger partial charge in [-0.3, -0.25) is 16.2 Å². The predicted molar refractivity (Wildman–Crippen MR) is 77.6 cm³/mol. The van der Waals surface area contributed by atoms with Crippen molar-refractivity contribution in [3.63, 3.8) is 0 Å². The van der Waals surface area contributed by atoms with E-state index < -0.39 is 23.8 Å². The molecule has 0 spiro atoms. The molecule has 0 aromatic heterocycles. The van der Waals surface area contributed by atoms with Crippen LogP contribution in [-0.2, 0) is 4.74 Å². The normalized spacial score (nSPS) is 21.8. The van der Waals surface area contributed by atoms with Crippen molar-refractivity contribution < 1.29 is 13.5 Å². The molecule has 1 fully saturated rings. The van der Waals surface area contributed by atoms with E-state index in [0.29, 0.717) is 24.8 Å². The SMILES string of the molecule is Cc1ccc(F)c(C(NN)C2CN(C(C)C)CCO2)c1F. The number of ether oxygens (including phenoxy) is 1. The molecular formula is C15H23F2N3O. The fourth-order valence-corrected chi connectivity index (χ4v) is 2.71. The highest BCUT2D eigenvalue weighted by Crippen LogP contribution is 2.28. The van der Waals surface area contributed by atoms with E-state index in [1.807, 2.05) is 0 Å². The van der Waals surface area contributed by atoms with Gasteiger partial charge in [-0.1, -0.05) is 6.07 Å². The average molecular weight is 299 g/mol. The zero-order valence-corrected chi connectivity index (χ0v) is 12.7. The van der Waals surface area contributed by atoms with Gasteiger partial charge in [0.05, 0.1) is 18.8 Å². The summed E-state index contributed by atoms with van der Waals surface area (Å²) in [5.41, 5.74) is 2.87. The van der Waals surface area contributed by atoms with E-state index in [-0.39, 0.29) is 5.56 Å². The summed E-state index contributed by atoms with van der Waals surface area (Å²) in [6, 6.07) is 2.32. The Kier molecular flexibility index (Phi) is 5.27. The molecule has 2 unspecified atom stereocenters. The summed E-state index contributed by atoms with van der Waals surface area (Å²) in [6.07, 6.45) is -0.392. The van der Waals surface area contributed by atoms with Crippen molar-refractivity contribution in [1.29, 1.82) is 0 Å². The molecule has 21 heavy (non-hydrogen) atoms. The van der Waals surface area contributed by atoms with Crippen LogP contribution in [0.3, 0.4) is 0 Å². The molecule has 0 bridgehead atoms. The number of benzene rings is 1. The first-order valence-electron chi connectivity index (χ1n) is 7.22. The van der Waals surface area contributed by atoms with Crippen LogP contribution < -0.4 is 11.3 Å². The van der Waals surface area contributed by atoms with Gasteiger partial charge in [0.25, 0.3) is 0 Å². The highest BCUT2D eigenvalue weighted by Gasteiger charge is 2.33. The molecule has 3 N–H and O–H groups in total. The maximum Gasteiger partial charge on any atom is 0.133 e. The van der Waals surface area contributed by atoms with Gasteiger partial charge in [-0.15, -0.1) is 0 Å². The third-order valence-corrected chi connectivity index (χ3v) is 4.04. The summed E-state index contributed by atoms with van der Waals surface area (Å²) >= 11 is 0. The second kappa shape index (κ2) is 6.79. The number of nitrogens with one attached hydrogen (secondary N) is 1. The fraction of sp³-hybridized carbons (Fsp3) is 0.600. The van der Waals surface area contributed by atoms with Crippen molar-refractivity contribution in [3.8, 4) is 0 Å². The van der Waals surface area contributed by atoms with Crippen LogP contribution in [-0.4, -0.2) is 36.7 Å². The molecule has 1 aromatic rings. The van der Waals surface area contributed by atoms with Gasteiger partial charge < -0.3 is 4.74 Å². The molecule has 1 aromatic carbocycles. The number of halogens is 2. The number of hydrogen-bond acceptors (Lipinski definition) is 4. The number of hydrogen-bond donors (Lipinski definition) is 2. The third-order valence-electron chi connectivity index (χ3n) is 4.04. The van der Waals surface area contributed by atoms with Crippen molar-refractivity contribution >= 4 is 0 Å². The van der Waals surface area contributed by atoms with E-state index in [1.54, 1.807) is 6.92 Å². The second-order valence-corrected chi connectivity index (χ2v) is 5.73. The number of nitrogens with zero attached hydrogens (tertiary/aromatic N) is 1. The summed E-state index contributed by atoms with van der Waals surface area (Å²) < 4.78 is 34.1. The molecule has 2 rings (SSSR count). The first-order valence-corrected chi connectivity index (χ1v) is 7.22. The first-order chi connectivity index (χ1) is 9.95. The Hall–Kier alpha value is -1.08. The Bertz CT molecular complexity index is 496. The maximum atomic E-state index is 14.3. The van der Waals surface area contributed by atoms with Gasteiger partial charge in [-0.2, -0.15) is 0 Å². The molecule has 1 heterocycles. The van der Waals surface area contributed by atoms with Gasteiger partial charge in [0, 0.05) is 24.7 Å². The Balaban J connectivity index is 2.30. The van der Waals surface area contributed by atoms with E-state index >= 15 is 0 Å². The quantitative estimate of drug-likeness (QED) is 0.658. The monoisotopic (exact) mass is 299 g/mol. The number of nitrogens with two attached hydrogens (primary N) is 1. The fourth-order valence-electron chi connectivity index (χ4n) is 2.71. The van der Waals surface area contributed by atoms with Crippen LogP contribution >= 0.6 is 0 Å². The van der Waals surface area contributed by atoms with Crippen LogP contribution in [0.5, 0.6) is 0 Å². The predicted octanol–water partition coefficient (Wildman–Crippen LogP) is 1.89. The molecule has 0 amide bonds. The summed E-state index contributed by atoms with van der Waals surface area (Å²) in [4.78, 5) is 2.21. The lowest BCUT2D eigenvalue weighted by atomic mass is 9.97. The van der Waals surface area contributed by atoms with Crippen molar-refractivity contribution in [3.05, 3.63) is 34.9 Å². The zero-order valence-electron chi connectivity index (χ0n) is 12.7. The van der Waals surface area contributed by atoms with Crippen LogP contribution in [0.1, 0.15) is 31.0 Å². The number of morpholine rings is 1. The molecule has 2 atom stereocenters. The summed E-state index contributed by atoms with van der Waals surface area (Å²) in [6.45, 7) is 7.69. The van der Waals surface area contributed by atoms with E-state index in [1.165, 1.54) is 12.1 Å². The Labute approximate surface area is 124 Å². The highest BCUT2D eigenvalue weighted by atomic mass is 19.1. The van der Waals surface area contributed by atoms with E-state index in [2.05, 4.69) is 24.2 Å². The second-order valence-electron chi connectivity index (χ2n) is 5.73. The van der Waals surface area contributed by atoms with E-state index in [0.717, 1.165) is 6.54 Å². The minimum atomic E-state index is -0.716. The van der Waals surface area contributed by atoms with Crippen molar-refractivity contribution in [2.45, 2.75) is 39.0 Å². The zero-order chi connectivity index (χ0) is 15.6. The van der Waals surface area contributed by atoms with Gasteiger partial charge in [0.1, 0.15) is 11.6 Å². The smallest absolute Gasteiger partial charge is 0.133 e. The van der Waals surface area contributed by atoms with Crippen LogP contribution in [0.15, 0.2) is 12.1 Å². The molecule has 1 saturated heterocycles. The third kappa shape index (κ3) is 3.40. The molecule has 4 nitrogen and oxygen atoms in total. The standard InChI is InChI=1S/C15H23F2N3O/c1-9(2)20-6-7-21-12(8-20)15(19-18)13-11(16)5-4-10(3)14(13)17/h4-5,9,12,15,19H,6-8,18H2,1-3H3. The molecule has 1 aliphatic rings. The number of rotatable bonds is 4. The summed E-state index contributed by atoms with van der Waals surface area (Å²) in [5, 5.41) is 0. The van der Waals surface area contributed by atoms with Gasteiger partial charge in [-0.05, 0) is 32.4 Å². The van der Waals surface area contributed by atoms with Crippen molar-refractivity contribution in [2.75, 3.05) is 19.7 Å². The van der Waals surface area contributed by atoms with Gasteiger partial charge in [-0.25, -0.2) is 8.78 Å². The average Bonchev–Trinajstić information content (AvgIpc) is 2.47. The Morgan fingerprint density at radius 1 is 1.38 bits per heavy atom. The minimum absolute atomic E-state index is 0.0480.